The average Bonchev–Trinajstić information content (AvgIpc) is 3.08. The molecule has 9 heteroatoms. The Balaban J connectivity index is 1.68. The summed E-state index contributed by atoms with van der Waals surface area (Å²) in [6.07, 6.45) is -1.11. The summed E-state index contributed by atoms with van der Waals surface area (Å²) in [6.45, 7) is 4.44. The van der Waals surface area contributed by atoms with E-state index >= 15 is 0 Å². The monoisotopic (exact) mass is 394 g/mol. The van der Waals surface area contributed by atoms with Crippen LogP contribution in [0.3, 0.4) is 0 Å². The van der Waals surface area contributed by atoms with Gasteiger partial charge < -0.3 is 14.8 Å². The van der Waals surface area contributed by atoms with Crippen LogP contribution in [0.1, 0.15) is 42.5 Å². The van der Waals surface area contributed by atoms with E-state index in [-0.39, 0.29) is 0 Å². The first-order valence-electron chi connectivity index (χ1n) is 9.45. The molecule has 0 saturated carbocycles. The predicted molar refractivity (Wildman–Crippen MR) is 101 cm³/mol. The van der Waals surface area contributed by atoms with Crippen molar-refractivity contribution in [1.29, 1.82) is 0 Å². The Hall–Kier alpha value is -2.58. The van der Waals surface area contributed by atoms with Gasteiger partial charge in [0.2, 0.25) is 0 Å². The van der Waals surface area contributed by atoms with Crippen LogP contribution in [0, 0.1) is 0 Å². The fourth-order valence-electron chi connectivity index (χ4n) is 3.25. The molecule has 2 heterocycles. The molecule has 0 fully saturated rings. The normalized spacial score (nSPS) is 14.7. The maximum absolute atomic E-state index is 12.7. The minimum absolute atomic E-state index is 0.409. The molecule has 0 bridgehead atoms. The summed E-state index contributed by atoms with van der Waals surface area (Å²) < 4.78 is 40.3. The van der Waals surface area contributed by atoms with Gasteiger partial charge in [0.25, 0.3) is 0 Å². The van der Waals surface area contributed by atoms with Gasteiger partial charge in [-0.3, -0.25) is 0 Å². The smallest absolute Gasteiger partial charge is 0.357 e. The SMILES string of the molecule is CCNC(=NCc1nnc2n1CCCC2)N(C)Cc1ccc(C(F)(F)F)cc1. The number of benzene rings is 1. The summed E-state index contributed by atoms with van der Waals surface area (Å²) in [5.41, 5.74) is 0.136. The van der Waals surface area contributed by atoms with E-state index in [1.54, 1.807) is 0 Å². The lowest BCUT2D eigenvalue weighted by molar-refractivity contribution is -0.137. The van der Waals surface area contributed by atoms with Gasteiger partial charge in [-0.05, 0) is 37.5 Å². The molecule has 0 saturated heterocycles. The lowest BCUT2D eigenvalue weighted by Crippen LogP contribution is -2.38. The van der Waals surface area contributed by atoms with Gasteiger partial charge in [-0.15, -0.1) is 10.2 Å². The molecule has 1 aromatic carbocycles. The molecule has 6 nitrogen and oxygen atoms in total. The summed E-state index contributed by atoms with van der Waals surface area (Å²) in [7, 11) is 1.86. The van der Waals surface area contributed by atoms with Gasteiger partial charge >= 0.3 is 6.18 Å². The summed E-state index contributed by atoms with van der Waals surface area (Å²) in [5.74, 6) is 2.53. The highest BCUT2D eigenvalue weighted by atomic mass is 19.4. The van der Waals surface area contributed by atoms with Crippen molar-refractivity contribution < 1.29 is 13.2 Å². The largest absolute Gasteiger partial charge is 0.416 e. The number of guanidine groups is 1. The zero-order valence-corrected chi connectivity index (χ0v) is 16.1. The van der Waals surface area contributed by atoms with Gasteiger partial charge in [-0.1, -0.05) is 12.1 Å². The molecular weight excluding hydrogens is 369 g/mol. The standard InChI is InChI=1S/C19H25F3N6/c1-3-23-18(24-12-17-26-25-16-6-4-5-11-28(16)17)27(2)13-14-7-9-15(10-8-14)19(20,21)22/h7-10H,3-6,11-13H2,1-2H3,(H,23,24). The summed E-state index contributed by atoms with van der Waals surface area (Å²) >= 11 is 0. The quantitative estimate of drug-likeness (QED) is 0.625. The van der Waals surface area contributed by atoms with E-state index < -0.39 is 11.7 Å². The maximum atomic E-state index is 12.7. The van der Waals surface area contributed by atoms with Gasteiger partial charge in [-0.25, -0.2) is 4.99 Å². The molecule has 0 unspecified atom stereocenters. The second-order valence-electron chi connectivity index (χ2n) is 6.86. The van der Waals surface area contributed by atoms with E-state index in [4.69, 9.17) is 0 Å². The molecule has 0 aliphatic carbocycles. The number of aliphatic imine (C=N–C) groups is 1. The van der Waals surface area contributed by atoms with Crippen LogP contribution in [-0.4, -0.2) is 39.2 Å². The first-order chi connectivity index (χ1) is 13.4. The van der Waals surface area contributed by atoms with Gasteiger partial charge in [0.05, 0.1) is 5.56 Å². The Morgan fingerprint density at radius 2 is 1.96 bits per heavy atom. The molecule has 1 N–H and O–H groups in total. The van der Waals surface area contributed by atoms with E-state index in [9.17, 15) is 13.2 Å². The first-order valence-corrected chi connectivity index (χ1v) is 9.45. The van der Waals surface area contributed by atoms with Gasteiger partial charge in [0, 0.05) is 33.1 Å². The molecular formula is C19H25F3N6. The number of nitrogens with zero attached hydrogens (tertiary/aromatic N) is 5. The first kappa shape index (κ1) is 20.2. The third-order valence-corrected chi connectivity index (χ3v) is 4.70. The van der Waals surface area contributed by atoms with Crippen LogP contribution in [0.2, 0.25) is 0 Å². The molecule has 152 valence electrons. The molecule has 0 atom stereocenters. The van der Waals surface area contributed by atoms with Crippen molar-refractivity contribution in [2.24, 2.45) is 4.99 Å². The maximum Gasteiger partial charge on any atom is 0.416 e. The Labute approximate surface area is 162 Å². The zero-order chi connectivity index (χ0) is 20.1. The molecule has 1 aromatic heterocycles. The van der Waals surface area contributed by atoms with Gasteiger partial charge in [0.1, 0.15) is 12.4 Å². The number of rotatable bonds is 5. The minimum Gasteiger partial charge on any atom is -0.357 e. The number of aryl methyl sites for hydroxylation is 1. The molecule has 0 radical (unpaired) electrons. The van der Waals surface area contributed by atoms with Gasteiger partial charge in [-0.2, -0.15) is 13.2 Å². The van der Waals surface area contributed by atoms with E-state index in [0.717, 1.165) is 55.2 Å². The number of halogens is 3. The lowest BCUT2D eigenvalue weighted by atomic mass is 10.1. The number of aromatic nitrogens is 3. The third-order valence-electron chi connectivity index (χ3n) is 4.70. The number of hydrogen-bond acceptors (Lipinski definition) is 3. The highest BCUT2D eigenvalue weighted by molar-refractivity contribution is 5.79. The van der Waals surface area contributed by atoms with Crippen molar-refractivity contribution >= 4 is 5.96 Å². The zero-order valence-electron chi connectivity index (χ0n) is 16.1. The van der Waals surface area contributed by atoms with Crippen LogP contribution in [0.25, 0.3) is 0 Å². The topological polar surface area (TPSA) is 58.3 Å². The van der Waals surface area contributed by atoms with Crippen LogP contribution < -0.4 is 5.32 Å². The minimum atomic E-state index is -4.32. The summed E-state index contributed by atoms with van der Waals surface area (Å²) in [6, 6.07) is 5.21. The van der Waals surface area contributed by atoms with E-state index in [0.29, 0.717) is 25.6 Å². The molecule has 0 amide bonds. The van der Waals surface area contributed by atoms with Crippen LogP contribution in [-0.2, 0) is 32.2 Å². The Bertz CT molecular complexity index is 810. The van der Waals surface area contributed by atoms with Crippen molar-refractivity contribution in [2.75, 3.05) is 13.6 Å². The second-order valence-corrected chi connectivity index (χ2v) is 6.86. The van der Waals surface area contributed by atoms with Gasteiger partial charge in [0.15, 0.2) is 11.8 Å². The molecule has 1 aliphatic heterocycles. The molecule has 3 rings (SSSR count). The van der Waals surface area contributed by atoms with E-state index in [1.807, 2.05) is 18.9 Å². The van der Waals surface area contributed by atoms with E-state index in [2.05, 4.69) is 25.1 Å². The Kier molecular flexibility index (Phi) is 6.21. The van der Waals surface area contributed by atoms with Crippen molar-refractivity contribution in [3.63, 3.8) is 0 Å². The van der Waals surface area contributed by atoms with Crippen LogP contribution in [0.4, 0.5) is 13.2 Å². The fourth-order valence-corrected chi connectivity index (χ4v) is 3.25. The van der Waals surface area contributed by atoms with Crippen LogP contribution in [0.15, 0.2) is 29.3 Å². The van der Waals surface area contributed by atoms with Crippen LogP contribution >= 0.6 is 0 Å². The third kappa shape index (κ3) is 4.82. The molecule has 28 heavy (non-hydrogen) atoms. The number of alkyl halides is 3. The Morgan fingerprint density at radius 1 is 1.21 bits per heavy atom. The van der Waals surface area contributed by atoms with Crippen LogP contribution in [0.5, 0.6) is 0 Å². The second kappa shape index (κ2) is 8.62. The molecule has 0 spiro atoms. The van der Waals surface area contributed by atoms with E-state index in [1.165, 1.54) is 12.1 Å². The highest BCUT2D eigenvalue weighted by Gasteiger charge is 2.30. The summed E-state index contributed by atoms with van der Waals surface area (Å²) in [5, 5.41) is 11.7. The van der Waals surface area contributed by atoms with Crippen molar-refractivity contribution in [1.82, 2.24) is 25.0 Å². The average molecular weight is 394 g/mol. The number of fused-ring (bicyclic) bond motifs is 1. The van der Waals surface area contributed by atoms with Crippen molar-refractivity contribution in [3.8, 4) is 0 Å². The highest BCUT2D eigenvalue weighted by Crippen LogP contribution is 2.29. The number of nitrogens with one attached hydrogen (secondary N) is 1. The molecule has 2 aromatic rings. The summed E-state index contributed by atoms with van der Waals surface area (Å²) in [4.78, 5) is 6.53. The molecule has 1 aliphatic rings. The lowest BCUT2D eigenvalue weighted by Gasteiger charge is -2.22. The number of hydrogen-bond donors (Lipinski definition) is 1. The van der Waals surface area contributed by atoms with Crippen molar-refractivity contribution in [3.05, 3.63) is 47.0 Å². The predicted octanol–water partition coefficient (Wildman–Crippen LogP) is 3.23. The fraction of sp³-hybridized carbons (Fsp3) is 0.526. The van der Waals surface area contributed by atoms with Crippen molar-refractivity contribution in [2.45, 2.75) is 52.0 Å². The Morgan fingerprint density at radius 3 is 2.64 bits per heavy atom.